The van der Waals surface area contributed by atoms with Crippen molar-refractivity contribution in [2.75, 3.05) is 0 Å². The normalized spacial score (nSPS) is 16.0. The van der Waals surface area contributed by atoms with Gasteiger partial charge in [-0.1, -0.05) is 6.07 Å². The Morgan fingerprint density at radius 1 is 1.33 bits per heavy atom. The highest BCUT2D eigenvalue weighted by Gasteiger charge is 2.30. The minimum Gasteiger partial charge on any atom is -0.322 e. The van der Waals surface area contributed by atoms with Gasteiger partial charge in [0.2, 0.25) is 0 Å². The van der Waals surface area contributed by atoms with Crippen LogP contribution in [0.5, 0.6) is 0 Å². The van der Waals surface area contributed by atoms with Gasteiger partial charge in [0.25, 0.3) is 0 Å². The van der Waals surface area contributed by atoms with E-state index in [4.69, 9.17) is 5.73 Å². The van der Waals surface area contributed by atoms with Gasteiger partial charge < -0.3 is 5.73 Å². The first-order valence-electron chi connectivity index (χ1n) is 5.07. The van der Waals surface area contributed by atoms with E-state index in [1.807, 2.05) is 19.9 Å². The van der Waals surface area contributed by atoms with E-state index in [0.29, 0.717) is 5.92 Å². The van der Waals surface area contributed by atoms with Crippen LogP contribution in [0.25, 0.3) is 0 Å². The first-order valence-corrected chi connectivity index (χ1v) is 5.07. The number of benzene rings is 1. The second-order valence-electron chi connectivity index (χ2n) is 4.73. The van der Waals surface area contributed by atoms with Crippen LogP contribution in [0.3, 0.4) is 0 Å². The van der Waals surface area contributed by atoms with E-state index in [-0.39, 0.29) is 23.8 Å². The Bertz CT molecular complexity index is 353. The number of hydrogen-bond donors (Lipinski definition) is 1. The van der Waals surface area contributed by atoms with Gasteiger partial charge in [0.1, 0.15) is 5.82 Å². The van der Waals surface area contributed by atoms with Crippen LogP contribution < -0.4 is 5.73 Å². The average Bonchev–Trinajstić information content (AvgIpc) is 2.83. The van der Waals surface area contributed by atoms with Crippen molar-refractivity contribution in [1.29, 1.82) is 0 Å². The molecule has 2 N–H and O–H groups in total. The Hall–Kier alpha value is -0.600. The monoisotopic (exact) mass is 229 g/mol. The molecule has 1 aliphatic rings. The second kappa shape index (κ2) is 4.11. The molecule has 0 spiro atoms. The van der Waals surface area contributed by atoms with Gasteiger partial charge in [-0.05, 0) is 55.9 Å². The molecule has 0 heterocycles. The molecule has 84 valence electrons. The molecule has 0 saturated heterocycles. The maximum atomic E-state index is 13.1. The van der Waals surface area contributed by atoms with E-state index >= 15 is 0 Å². The van der Waals surface area contributed by atoms with Crippen molar-refractivity contribution in [2.24, 2.45) is 5.73 Å². The number of nitrogens with two attached hydrogens (primary N) is 1. The molecule has 2 rings (SSSR count). The molecule has 1 aliphatic carbocycles. The van der Waals surface area contributed by atoms with Gasteiger partial charge in [0.05, 0.1) is 0 Å². The van der Waals surface area contributed by atoms with Gasteiger partial charge in [0.15, 0.2) is 0 Å². The predicted octanol–water partition coefficient (Wildman–Crippen LogP) is 3.32. The highest BCUT2D eigenvalue weighted by atomic mass is 35.5. The third-order valence-corrected chi connectivity index (χ3v) is 2.72. The van der Waals surface area contributed by atoms with E-state index in [1.54, 1.807) is 6.07 Å². The van der Waals surface area contributed by atoms with Crippen LogP contribution in [-0.4, -0.2) is 0 Å². The van der Waals surface area contributed by atoms with Crippen LogP contribution in [0.15, 0.2) is 18.2 Å². The van der Waals surface area contributed by atoms with E-state index in [0.717, 1.165) is 11.1 Å². The van der Waals surface area contributed by atoms with Gasteiger partial charge in [0, 0.05) is 5.54 Å². The Morgan fingerprint density at radius 2 is 1.93 bits per heavy atom. The summed E-state index contributed by atoms with van der Waals surface area (Å²) in [7, 11) is 0. The fourth-order valence-corrected chi connectivity index (χ4v) is 1.85. The maximum Gasteiger partial charge on any atom is 0.123 e. The lowest BCUT2D eigenvalue weighted by Gasteiger charge is -2.23. The van der Waals surface area contributed by atoms with Crippen molar-refractivity contribution >= 4 is 12.4 Å². The van der Waals surface area contributed by atoms with Crippen LogP contribution in [-0.2, 0) is 5.54 Å². The molecule has 1 fully saturated rings. The molecular weight excluding hydrogens is 213 g/mol. The lowest BCUT2D eigenvalue weighted by atomic mass is 9.89. The molecule has 0 aliphatic heterocycles. The molecule has 0 aromatic heterocycles. The van der Waals surface area contributed by atoms with Crippen molar-refractivity contribution in [3.63, 3.8) is 0 Å². The van der Waals surface area contributed by atoms with Crippen molar-refractivity contribution in [1.82, 2.24) is 0 Å². The molecule has 1 nitrogen and oxygen atoms in total. The summed E-state index contributed by atoms with van der Waals surface area (Å²) in [6.07, 6.45) is 2.35. The lowest BCUT2D eigenvalue weighted by Crippen LogP contribution is -2.30. The highest BCUT2D eigenvalue weighted by molar-refractivity contribution is 5.85. The van der Waals surface area contributed by atoms with E-state index in [2.05, 4.69) is 0 Å². The Morgan fingerprint density at radius 3 is 2.40 bits per heavy atom. The molecule has 15 heavy (non-hydrogen) atoms. The molecule has 0 atom stereocenters. The largest absolute Gasteiger partial charge is 0.322 e. The van der Waals surface area contributed by atoms with Crippen LogP contribution in [0.4, 0.5) is 4.39 Å². The minimum absolute atomic E-state index is 0. The molecule has 1 aromatic carbocycles. The summed E-state index contributed by atoms with van der Waals surface area (Å²) in [4.78, 5) is 0. The van der Waals surface area contributed by atoms with E-state index in [1.165, 1.54) is 18.9 Å². The van der Waals surface area contributed by atoms with Crippen molar-refractivity contribution < 1.29 is 4.39 Å². The topological polar surface area (TPSA) is 26.0 Å². The summed E-state index contributed by atoms with van der Waals surface area (Å²) in [6.45, 7) is 3.93. The van der Waals surface area contributed by atoms with Gasteiger partial charge in [-0.2, -0.15) is 0 Å². The molecule has 0 bridgehead atoms. The van der Waals surface area contributed by atoms with Crippen LogP contribution in [0.1, 0.15) is 43.7 Å². The van der Waals surface area contributed by atoms with Crippen molar-refractivity contribution in [3.05, 3.63) is 35.1 Å². The van der Waals surface area contributed by atoms with Crippen molar-refractivity contribution in [2.45, 2.75) is 38.1 Å². The van der Waals surface area contributed by atoms with Crippen molar-refractivity contribution in [3.8, 4) is 0 Å². The standard InChI is InChI=1S/C12H16FN.ClH/c1-12(2,14)11-6-5-9(13)7-10(11)8-3-4-8;/h5-8H,3-4,14H2,1-2H3;1H. The van der Waals surface area contributed by atoms with Crippen LogP contribution in [0, 0.1) is 5.82 Å². The summed E-state index contributed by atoms with van der Waals surface area (Å²) >= 11 is 0. The third-order valence-electron chi connectivity index (χ3n) is 2.72. The third kappa shape index (κ3) is 2.70. The Kier molecular flexibility index (Phi) is 3.41. The SMILES string of the molecule is CC(C)(N)c1ccc(F)cc1C1CC1.Cl. The molecular formula is C12H17ClFN. The van der Waals surface area contributed by atoms with Gasteiger partial charge in [-0.3, -0.25) is 0 Å². The predicted molar refractivity (Wildman–Crippen MR) is 62.8 cm³/mol. The summed E-state index contributed by atoms with van der Waals surface area (Å²) < 4.78 is 13.1. The minimum atomic E-state index is -0.369. The number of rotatable bonds is 2. The quantitative estimate of drug-likeness (QED) is 0.827. The fourth-order valence-electron chi connectivity index (χ4n) is 1.85. The molecule has 1 saturated carbocycles. The van der Waals surface area contributed by atoms with Crippen LogP contribution >= 0.6 is 12.4 Å². The number of hydrogen-bond acceptors (Lipinski definition) is 1. The second-order valence-corrected chi connectivity index (χ2v) is 4.73. The summed E-state index contributed by atoms with van der Waals surface area (Å²) in [6, 6.07) is 4.96. The molecule has 1 aromatic rings. The fraction of sp³-hybridized carbons (Fsp3) is 0.500. The molecule has 0 unspecified atom stereocenters. The summed E-state index contributed by atoms with van der Waals surface area (Å²) in [5, 5.41) is 0. The number of halogens is 2. The zero-order chi connectivity index (χ0) is 10.3. The highest BCUT2D eigenvalue weighted by Crippen LogP contribution is 2.43. The lowest BCUT2D eigenvalue weighted by molar-refractivity contribution is 0.543. The average molecular weight is 230 g/mol. The first-order chi connectivity index (χ1) is 6.48. The van der Waals surface area contributed by atoms with Gasteiger partial charge >= 0.3 is 0 Å². The smallest absolute Gasteiger partial charge is 0.123 e. The van der Waals surface area contributed by atoms with E-state index in [9.17, 15) is 4.39 Å². The zero-order valence-electron chi connectivity index (χ0n) is 9.09. The van der Waals surface area contributed by atoms with Crippen LogP contribution in [0.2, 0.25) is 0 Å². The maximum absolute atomic E-state index is 13.1. The summed E-state index contributed by atoms with van der Waals surface area (Å²) in [5.74, 6) is 0.392. The molecule has 0 amide bonds. The summed E-state index contributed by atoms with van der Waals surface area (Å²) in [5.41, 5.74) is 7.87. The Labute approximate surface area is 96.3 Å². The Balaban J connectivity index is 0.00000112. The van der Waals surface area contributed by atoms with Gasteiger partial charge in [-0.25, -0.2) is 4.39 Å². The van der Waals surface area contributed by atoms with E-state index < -0.39 is 0 Å². The van der Waals surface area contributed by atoms with Gasteiger partial charge in [-0.15, -0.1) is 12.4 Å². The molecule has 3 heteroatoms. The first kappa shape index (κ1) is 12.5. The zero-order valence-corrected chi connectivity index (χ0v) is 9.90. The molecule has 0 radical (unpaired) electrons.